The number of carbonyl (C=O) groups excluding carboxylic acids is 1. The Hall–Kier alpha value is -1.02. The Morgan fingerprint density at radius 1 is 0.623 bits per heavy atom. The van der Waals surface area contributed by atoms with Crippen LogP contribution in [0.1, 0.15) is 219 Å². The van der Waals surface area contributed by atoms with Gasteiger partial charge in [-0.1, -0.05) is 192 Å². The number of hydrogen-bond donors (Lipinski definition) is 3. The number of quaternary nitrogens is 1. The Bertz CT molecular complexity index is 886. The third-order valence-corrected chi connectivity index (χ3v) is 11.0. The minimum Gasteiger partial charge on any atom is -0.756 e. The second kappa shape index (κ2) is 40.6. The van der Waals surface area contributed by atoms with Gasteiger partial charge in [0.1, 0.15) is 6.61 Å². The summed E-state index contributed by atoms with van der Waals surface area (Å²) < 4.78 is 21.9. The van der Waals surface area contributed by atoms with Crippen molar-refractivity contribution in [3.63, 3.8) is 0 Å². The average molecular weight is 771 g/mol. The van der Waals surface area contributed by atoms with Crippen LogP contribution in [-0.4, -0.2) is 42.9 Å². The maximum absolute atomic E-state index is 12.8. The van der Waals surface area contributed by atoms with Crippen molar-refractivity contribution in [3.05, 3.63) is 24.3 Å². The molecule has 3 atom stereocenters. The predicted octanol–water partition coefficient (Wildman–Crippen LogP) is 11.2. The standard InChI is InChI=1S/C44H87N2O6P/c1-3-5-7-9-11-13-15-17-18-19-20-21-22-23-24-26-28-30-32-34-36-38-44(48)46-42(41-52-53(49,50)51-40-39-45)43(47)37-35-33-31-29-27-25-16-14-12-10-8-6-4-2/h17-18,35,37,42-43,47H,3-16,19-34,36,38-41,45H2,1-2H3,(H,46,48)(H,49,50)/b18-17-,37-35+/t42-,43+/m0/s1. The van der Waals surface area contributed by atoms with E-state index < -0.39 is 20.0 Å². The lowest BCUT2D eigenvalue weighted by atomic mass is 10.0. The fourth-order valence-electron chi connectivity index (χ4n) is 6.60. The van der Waals surface area contributed by atoms with Crippen LogP contribution >= 0.6 is 7.82 Å². The molecular formula is C44H87N2O6P. The Kier molecular flexibility index (Phi) is 39.9. The van der Waals surface area contributed by atoms with Crippen molar-refractivity contribution in [2.24, 2.45) is 0 Å². The molecule has 0 aromatic carbocycles. The average Bonchev–Trinajstić information content (AvgIpc) is 3.14. The van der Waals surface area contributed by atoms with E-state index >= 15 is 0 Å². The molecule has 0 aliphatic heterocycles. The minimum atomic E-state index is -4.54. The van der Waals surface area contributed by atoms with Crippen LogP contribution < -0.4 is 15.9 Å². The van der Waals surface area contributed by atoms with Gasteiger partial charge in [-0.2, -0.15) is 0 Å². The monoisotopic (exact) mass is 771 g/mol. The third-order valence-electron chi connectivity index (χ3n) is 10.0. The first kappa shape index (κ1) is 52.0. The van der Waals surface area contributed by atoms with Gasteiger partial charge in [0.2, 0.25) is 5.91 Å². The number of rotatable bonds is 42. The van der Waals surface area contributed by atoms with E-state index in [4.69, 9.17) is 9.05 Å². The molecule has 0 spiro atoms. The third kappa shape index (κ3) is 39.0. The number of carbonyl (C=O) groups is 1. The molecule has 0 fully saturated rings. The lowest BCUT2D eigenvalue weighted by Crippen LogP contribution is -2.52. The van der Waals surface area contributed by atoms with Crippen molar-refractivity contribution in [2.45, 2.75) is 231 Å². The quantitative estimate of drug-likeness (QED) is 0.0321. The van der Waals surface area contributed by atoms with Gasteiger partial charge in [0.15, 0.2) is 0 Å². The number of allylic oxidation sites excluding steroid dienone is 3. The summed E-state index contributed by atoms with van der Waals surface area (Å²) in [5.74, 6) is -0.205. The number of aliphatic hydroxyl groups excluding tert-OH is 1. The molecule has 0 bridgehead atoms. The molecule has 53 heavy (non-hydrogen) atoms. The first-order valence-electron chi connectivity index (χ1n) is 22.5. The lowest BCUT2D eigenvalue weighted by molar-refractivity contribution is -0.373. The van der Waals surface area contributed by atoms with Crippen molar-refractivity contribution in [3.8, 4) is 0 Å². The number of amides is 1. The van der Waals surface area contributed by atoms with E-state index in [0.717, 1.165) is 38.5 Å². The summed E-state index contributed by atoms with van der Waals surface area (Å²) in [5.41, 5.74) is 3.58. The summed E-state index contributed by atoms with van der Waals surface area (Å²) >= 11 is 0. The molecular weight excluding hydrogens is 683 g/mol. The second-order valence-electron chi connectivity index (χ2n) is 15.3. The number of hydrogen-bond acceptors (Lipinski definition) is 6. The van der Waals surface area contributed by atoms with E-state index in [9.17, 15) is 19.4 Å². The fraction of sp³-hybridized carbons (Fsp3) is 0.886. The minimum absolute atomic E-state index is 0.0727. The molecule has 9 heteroatoms. The van der Waals surface area contributed by atoms with Crippen LogP contribution in [0.5, 0.6) is 0 Å². The summed E-state index contributed by atoms with van der Waals surface area (Å²) in [4.78, 5) is 24.9. The number of phosphoric acid groups is 1. The zero-order valence-corrected chi connectivity index (χ0v) is 35.8. The van der Waals surface area contributed by atoms with Crippen molar-refractivity contribution in [1.82, 2.24) is 5.32 Å². The molecule has 8 nitrogen and oxygen atoms in total. The number of phosphoric ester groups is 1. The van der Waals surface area contributed by atoms with Crippen LogP contribution in [0.25, 0.3) is 0 Å². The van der Waals surface area contributed by atoms with E-state index in [2.05, 4.69) is 37.0 Å². The van der Waals surface area contributed by atoms with Gasteiger partial charge in [-0.3, -0.25) is 9.36 Å². The van der Waals surface area contributed by atoms with E-state index in [-0.39, 0.29) is 25.7 Å². The molecule has 0 aliphatic rings. The number of nitrogens with one attached hydrogen (secondary N) is 1. The van der Waals surface area contributed by atoms with Crippen molar-refractivity contribution in [2.75, 3.05) is 19.8 Å². The molecule has 1 amide bonds. The van der Waals surface area contributed by atoms with Crippen molar-refractivity contribution < 1.29 is 34.1 Å². The van der Waals surface area contributed by atoms with Gasteiger partial charge in [-0.25, -0.2) is 0 Å². The van der Waals surface area contributed by atoms with Gasteiger partial charge in [-0.15, -0.1) is 0 Å². The maximum Gasteiger partial charge on any atom is 0.268 e. The first-order chi connectivity index (χ1) is 25.9. The summed E-state index contributed by atoms with van der Waals surface area (Å²) in [5, 5.41) is 13.6. The van der Waals surface area contributed by atoms with Crippen LogP contribution in [0, 0.1) is 0 Å². The Labute approximate surface area is 327 Å². The van der Waals surface area contributed by atoms with Crippen LogP contribution in [0.2, 0.25) is 0 Å². The van der Waals surface area contributed by atoms with Crippen LogP contribution in [0.4, 0.5) is 0 Å². The highest BCUT2D eigenvalue weighted by Crippen LogP contribution is 2.38. The van der Waals surface area contributed by atoms with Gasteiger partial charge in [0.25, 0.3) is 7.82 Å². The fourth-order valence-corrected chi connectivity index (χ4v) is 7.37. The summed E-state index contributed by atoms with van der Waals surface area (Å²) in [6, 6.07) is -0.881. The number of unbranched alkanes of at least 4 members (excludes halogenated alkanes) is 28. The predicted molar refractivity (Wildman–Crippen MR) is 223 cm³/mol. The first-order valence-corrected chi connectivity index (χ1v) is 24.0. The normalized spacial score (nSPS) is 14.3. The Morgan fingerprint density at radius 2 is 1.00 bits per heavy atom. The van der Waals surface area contributed by atoms with Crippen LogP contribution in [0.3, 0.4) is 0 Å². The zero-order chi connectivity index (χ0) is 38.9. The van der Waals surface area contributed by atoms with Gasteiger partial charge in [0, 0.05) is 6.42 Å². The molecule has 0 aromatic heterocycles. The molecule has 0 saturated carbocycles. The highest BCUT2D eigenvalue weighted by Gasteiger charge is 2.22. The van der Waals surface area contributed by atoms with Gasteiger partial charge >= 0.3 is 0 Å². The highest BCUT2D eigenvalue weighted by atomic mass is 31.2. The summed E-state index contributed by atoms with van der Waals surface area (Å²) in [6.45, 7) is 4.35. The SMILES string of the molecule is CCCCCCCC/C=C\CCCCCCCCCCCCCC(=O)N[C@@H](COP(=O)([O-])OCC[NH3+])[C@H](O)/C=C/CCCCCCCCCCCCC. The van der Waals surface area contributed by atoms with Gasteiger partial charge < -0.3 is 30.1 Å². The molecule has 0 aromatic rings. The summed E-state index contributed by atoms with van der Waals surface area (Å²) in [7, 11) is -4.54. The molecule has 0 radical (unpaired) electrons. The highest BCUT2D eigenvalue weighted by molar-refractivity contribution is 7.45. The molecule has 0 saturated heterocycles. The topological polar surface area (TPSA) is 136 Å². The van der Waals surface area contributed by atoms with Crippen LogP contribution in [-0.2, 0) is 18.4 Å². The van der Waals surface area contributed by atoms with Gasteiger partial charge in [-0.05, 0) is 44.9 Å². The molecule has 1 unspecified atom stereocenters. The van der Waals surface area contributed by atoms with E-state index in [1.165, 1.54) is 161 Å². The smallest absolute Gasteiger partial charge is 0.268 e. The largest absolute Gasteiger partial charge is 0.756 e. The molecule has 0 aliphatic carbocycles. The van der Waals surface area contributed by atoms with Crippen molar-refractivity contribution >= 4 is 13.7 Å². The summed E-state index contributed by atoms with van der Waals surface area (Å²) in [6.07, 6.45) is 46.4. The van der Waals surface area contributed by atoms with E-state index in [1.807, 2.05) is 6.08 Å². The molecule has 314 valence electrons. The number of aliphatic hydroxyl groups is 1. The second-order valence-corrected chi connectivity index (χ2v) is 16.7. The van der Waals surface area contributed by atoms with E-state index in [0.29, 0.717) is 6.42 Å². The lowest BCUT2D eigenvalue weighted by Gasteiger charge is -2.27. The van der Waals surface area contributed by atoms with Crippen molar-refractivity contribution in [1.29, 1.82) is 0 Å². The maximum atomic E-state index is 12.8. The Morgan fingerprint density at radius 3 is 1.42 bits per heavy atom. The molecule has 0 rings (SSSR count). The van der Waals surface area contributed by atoms with E-state index in [1.54, 1.807) is 6.08 Å². The molecule has 0 heterocycles. The van der Waals surface area contributed by atoms with Gasteiger partial charge in [0.05, 0.1) is 25.3 Å². The Balaban J connectivity index is 4.12. The molecule has 5 N–H and O–H groups in total. The van der Waals surface area contributed by atoms with Crippen LogP contribution in [0.15, 0.2) is 24.3 Å². The zero-order valence-electron chi connectivity index (χ0n) is 34.9.